The van der Waals surface area contributed by atoms with Gasteiger partial charge < -0.3 is 5.11 Å². The van der Waals surface area contributed by atoms with Gasteiger partial charge in [0, 0.05) is 29.9 Å². The zero-order valence-electron chi connectivity index (χ0n) is 13.7. The normalized spacial score (nSPS) is 11.0. The molecule has 2 aromatic heterocycles. The van der Waals surface area contributed by atoms with Crippen LogP contribution in [0.5, 0.6) is 5.75 Å². The lowest BCUT2D eigenvalue weighted by Crippen LogP contribution is -2.26. The molecule has 1 aromatic carbocycles. The van der Waals surface area contributed by atoms with Crippen molar-refractivity contribution in [2.24, 2.45) is 4.99 Å². The lowest BCUT2D eigenvalue weighted by molar-refractivity contribution is 0.0938. The van der Waals surface area contributed by atoms with Crippen LogP contribution in [0.15, 0.2) is 58.6 Å². The van der Waals surface area contributed by atoms with Crippen LogP contribution in [0.4, 0.5) is 0 Å². The lowest BCUT2D eigenvalue weighted by atomic mass is 10.2. The molecule has 0 saturated heterocycles. The molecule has 0 aliphatic rings. The number of carbonyl (C=O) groups is 1. The Morgan fingerprint density at radius 1 is 1.27 bits per heavy atom. The average Bonchev–Trinajstić information content (AvgIpc) is 2.94. The van der Waals surface area contributed by atoms with Gasteiger partial charge in [0.1, 0.15) is 10.7 Å². The van der Waals surface area contributed by atoms with E-state index in [1.54, 1.807) is 43.6 Å². The van der Waals surface area contributed by atoms with E-state index in [1.165, 1.54) is 18.3 Å². The Balaban J connectivity index is 1.93. The van der Waals surface area contributed by atoms with Crippen molar-refractivity contribution < 1.29 is 9.90 Å². The fraction of sp³-hybridized carbons (Fsp3) is 0.0556. The molecule has 0 bridgehead atoms. The molecule has 0 radical (unpaired) electrons. The van der Waals surface area contributed by atoms with Gasteiger partial charge in [-0.25, -0.2) is 4.99 Å². The number of rotatable bonds is 3. The van der Waals surface area contributed by atoms with Gasteiger partial charge in [0.25, 0.3) is 11.5 Å². The van der Waals surface area contributed by atoms with E-state index < -0.39 is 11.5 Å². The van der Waals surface area contributed by atoms with Crippen molar-refractivity contribution in [1.29, 1.82) is 0 Å². The highest BCUT2D eigenvalue weighted by molar-refractivity contribution is 7.80. The summed E-state index contributed by atoms with van der Waals surface area (Å²) in [6.45, 7) is 1.65. The van der Waals surface area contributed by atoms with Crippen LogP contribution in [0.2, 0.25) is 0 Å². The Morgan fingerprint density at radius 2 is 1.96 bits per heavy atom. The number of phenolic OH excluding ortho intramolecular Hbond substituents is 1. The van der Waals surface area contributed by atoms with Crippen LogP contribution < -0.4 is 5.56 Å². The minimum Gasteiger partial charge on any atom is -0.507 e. The fourth-order valence-electron chi connectivity index (χ4n) is 2.32. The number of H-pyrrole nitrogens is 1. The number of nitrogens with zero attached hydrogens (tertiary/aromatic N) is 3. The van der Waals surface area contributed by atoms with E-state index in [1.807, 2.05) is 0 Å². The first-order valence-electron chi connectivity index (χ1n) is 7.62. The highest BCUT2D eigenvalue weighted by Gasteiger charge is 2.19. The summed E-state index contributed by atoms with van der Waals surface area (Å²) in [6.07, 6.45) is 4.51. The number of carbonyl (C=O) groups excluding carboxylic acids is 1. The van der Waals surface area contributed by atoms with Crippen molar-refractivity contribution in [2.75, 3.05) is 0 Å². The summed E-state index contributed by atoms with van der Waals surface area (Å²) in [5.41, 5.74) is 0.818. The van der Waals surface area contributed by atoms with Crippen molar-refractivity contribution in [2.45, 2.75) is 6.92 Å². The second-order valence-corrected chi connectivity index (χ2v) is 5.80. The number of aryl methyl sites for hydroxylation is 1. The molecule has 130 valence electrons. The molecular weight excluding hydrogens is 352 g/mol. The smallest absolute Gasteiger partial charge is 0.283 e. The summed E-state index contributed by atoms with van der Waals surface area (Å²) in [7, 11) is 0. The number of nitrogens with one attached hydrogen (secondary N) is 1. The molecule has 0 aliphatic carbocycles. The molecule has 2 heterocycles. The predicted octanol–water partition coefficient (Wildman–Crippen LogP) is 2.07. The van der Waals surface area contributed by atoms with E-state index in [0.717, 1.165) is 4.68 Å². The SMILES string of the molecule is Cc1[nH]n(C(=O)c2ccccc2O)c(=O)c1C=NC(=S)c1ccncc1. The van der Waals surface area contributed by atoms with E-state index in [4.69, 9.17) is 12.2 Å². The number of phenols is 1. The van der Waals surface area contributed by atoms with Gasteiger partial charge in [-0.15, -0.1) is 0 Å². The molecule has 0 fully saturated rings. The number of aromatic nitrogens is 3. The van der Waals surface area contributed by atoms with Crippen molar-refractivity contribution in [3.63, 3.8) is 0 Å². The monoisotopic (exact) mass is 366 g/mol. The maximum Gasteiger partial charge on any atom is 0.283 e. The van der Waals surface area contributed by atoms with Crippen LogP contribution in [0.25, 0.3) is 0 Å². The summed E-state index contributed by atoms with van der Waals surface area (Å²) in [5.74, 6) is -0.863. The molecule has 0 saturated carbocycles. The Morgan fingerprint density at radius 3 is 2.65 bits per heavy atom. The number of hydrogen-bond donors (Lipinski definition) is 2. The molecule has 0 unspecified atom stereocenters. The molecule has 3 rings (SSSR count). The second-order valence-electron chi connectivity index (χ2n) is 5.41. The van der Waals surface area contributed by atoms with Gasteiger partial charge >= 0.3 is 0 Å². The van der Waals surface area contributed by atoms with Crippen LogP contribution >= 0.6 is 12.2 Å². The summed E-state index contributed by atoms with van der Waals surface area (Å²) in [4.78, 5) is 33.4. The van der Waals surface area contributed by atoms with E-state index in [9.17, 15) is 14.7 Å². The number of thiocarbonyl (C=S) groups is 1. The maximum absolute atomic E-state index is 12.5. The second kappa shape index (κ2) is 7.24. The first kappa shape index (κ1) is 17.4. The fourth-order valence-corrected chi connectivity index (χ4v) is 2.51. The molecule has 26 heavy (non-hydrogen) atoms. The molecule has 3 aromatic rings. The first-order chi connectivity index (χ1) is 12.5. The van der Waals surface area contributed by atoms with Gasteiger partial charge in [0.05, 0.1) is 11.1 Å². The summed E-state index contributed by atoms with van der Waals surface area (Å²) in [5, 5.41) is 12.5. The van der Waals surface area contributed by atoms with Crippen molar-refractivity contribution in [1.82, 2.24) is 14.8 Å². The zero-order valence-corrected chi connectivity index (χ0v) is 14.5. The zero-order chi connectivity index (χ0) is 18.7. The lowest BCUT2D eigenvalue weighted by Gasteiger charge is -2.02. The summed E-state index contributed by atoms with van der Waals surface area (Å²) < 4.78 is 0.835. The number of hydrogen-bond acceptors (Lipinski definition) is 5. The van der Waals surface area contributed by atoms with Gasteiger partial charge in [0.2, 0.25) is 0 Å². The van der Waals surface area contributed by atoms with Gasteiger partial charge in [-0.3, -0.25) is 19.7 Å². The number of pyridine rings is 1. The number of benzene rings is 1. The molecule has 0 spiro atoms. The van der Waals surface area contributed by atoms with Gasteiger partial charge in [-0.2, -0.15) is 4.68 Å². The van der Waals surface area contributed by atoms with Crippen LogP contribution in [-0.2, 0) is 0 Å². The number of aromatic hydroxyl groups is 1. The molecule has 0 amide bonds. The Labute approximate surface area is 153 Å². The summed E-state index contributed by atoms with van der Waals surface area (Å²) >= 11 is 5.21. The maximum atomic E-state index is 12.5. The average molecular weight is 366 g/mol. The Bertz CT molecular complexity index is 1070. The van der Waals surface area contributed by atoms with Crippen molar-refractivity contribution in [3.05, 3.63) is 81.5 Å². The minimum absolute atomic E-state index is 0.0200. The van der Waals surface area contributed by atoms with E-state index >= 15 is 0 Å². The number of aliphatic imine (C=N–C) groups is 1. The highest BCUT2D eigenvalue weighted by atomic mass is 32.1. The third-order valence-corrected chi connectivity index (χ3v) is 4.03. The number of para-hydroxylation sites is 1. The predicted molar refractivity (Wildman–Crippen MR) is 101 cm³/mol. The molecule has 7 nitrogen and oxygen atoms in total. The highest BCUT2D eigenvalue weighted by Crippen LogP contribution is 2.16. The van der Waals surface area contributed by atoms with E-state index in [0.29, 0.717) is 16.2 Å². The van der Waals surface area contributed by atoms with E-state index in [-0.39, 0.29) is 16.9 Å². The Hall–Kier alpha value is -3.39. The van der Waals surface area contributed by atoms with Gasteiger partial charge in [-0.1, -0.05) is 24.4 Å². The molecule has 0 atom stereocenters. The minimum atomic E-state index is -0.660. The van der Waals surface area contributed by atoms with Crippen molar-refractivity contribution in [3.8, 4) is 5.75 Å². The van der Waals surface area contributed by atoms with Crippen LogP contribution in [0, 0.1) is 6.92 Å². The molecule has 8 heteroatoms. The van der Waals surface area contributed by atoms with Crippen LogP contribution in [-0.4, -0.2) is 37.0 Å². The van der Waals surface area contributed by atoms with Crippen LogP contribution in [0.1, 0.15) is 27.2 Å². The van der Waals surface area contributed by atoms with Crippen LogP contribution in [0.3, 0.4) is 0 Å². The quantitative estimate of drug-likeness (QED) is 0.546. The van der Waals surface area contributed by atoms with Gasteiger partial charge in [0.15, 0.2) is 0 Å². The molecule has 0 aliphatic heterocycles. The topological polar surface area (TPSA) is 100 Å². The van der Waals surface area contributed by atoms with Gasteiger partial charge in [-0.05, 0) is 31.2 Å². The first-order valence-corrected chi connectivity index (χ1v) is 8.02. The largest absolute Gasteiger partial charge is 0.507 e. The molecular formula is C18H14N4O3S. The Kier molecular flexibility index (Phi) is 4.85. The third kappa shape index (κ3) is 3.35. The molecule has 2 N–H and O–H groups in total. The van der Waals surface area contributed by atoms with E-state index in [2.05, 4.69) is 15.1 Å². The van der Waals surface area contributed by atoms with Crippen molar-refractivity contribution >= 4 is 29.3 Å². The standard InChI is InChI=1S/C18H14N4O3S/c1-11-14(10-20-16(26)12-6-8-19-9-7-12)18(25)22(21-11)17(24)13-4-2-3-5-15(13)23/h2-10,21,23H,1H3. The number of aromatic amines is 1. The third-order valence-electron chi connectivity index (χ3n) is 3.69. The summed E-state index contributed by atoms with van der Waals surface area (Å²) in [6, 6.07) is 9.43.